The van der Waals surface area contributed by atoms with Crippen LogP contribution < -0.4 is 19.1 Å². The van der Waals surface area contributed by atoms with Gasteiger partial charge in [-0.05, 0) is 37.3 Å². The number of ether oxygens (including phenoxy) is 3. The smallest absolute Gasteiger partial charge is 0.337 e. The molecule has 1 aliphatic heterocycles. The van der Waals surface area contributed by atoms with Gasteiger partial charge in [0.05, 0.1) is 35.3 Å². The van der Waals surface area contributed by atoms with Gasteiger partial charge in [-0.3, -0.25) is 9.10 Å². The Morgan fingerprint density at radius 1 is 1.13 bits per heavy atom. The molecule has 0 unspecified atom stereocenters. The molecular formula is C20H21ClN2O7S. The van der Waals surface area contributed by atoms with Crippen LogP contribution in [0.3, 0.4) is 0 Å². The van der Waals surface area contributed by atoms with E-state index < -0.39 is 27.9 Å². The summed E-state index contributed by atoms with van der Waals surface area (Å²) in [5.41, 5.74) is 0.572. The fourth-order valence-electron chi connectivity index (χ4n) is 3.08. The van der Waals surface area contributed by atoms with Crippen molar-refractivity contribution in [3.63, 3.8) is 0 Å². The summed E-state index contributed by atoms with van der Waals surface area (Å²) in [6.07, 6.45) is 0.998. The summed E-state index contributed by atoms with van der Waals surface area (Å²) in [6, 6.07) is 7.72. The Hall–Kier alpha value is -2.98. The van der Waals surface area contributed by atoms with Crippen molar-refractivity contribution in [3.8, 4) is 11.5 Å². The molecule has 2 aromatic carbocycles. The third kappa shape index (κ3) is 5.02. The molecule has 0 saturated heterocycles. The Labute approximate surface area is 184 Å². The third-order valence-electron chi connectivity index (χ3n) is 4.51. The van der Waals surface area contributed by atoms with E-state index in [0.29, 0.717) is 24.7 Å². The van der Waals surface area contributed by atoms with Crippen molar-refractivity contribution in [3.05, 3.63) is 47.0 Å². The molecule has 1 N–H and O–H groups in total. The average Bonchev–Trinajstić information content (AvgIpc) is 2.73. The number of benzene rings is 2. The lowest BCUT2D eigenvalue weighted by molar-refractivity contribution is -0.116. The highest BCUT2D eigenvalue weighted by Gasteiger charge is 2.30. The molecule has 1 atom stereocenters. The number of methoxy groups -OCH3 is 1. The molecule has 1 aliphatic rings. The number of carbonyl (C=O) groups is 2. The van der Waals surface area contributed by atoms with Crippen LogP contribution in [0.2, 0.25) is 5.02 Å². The van der Waals surface area contributed by atoms with Crippen molar-refractivity contribution in [2.24, 2.45) is 0 Å². The molecular weight excluding hydrogens is 448 g/mol. The van der Waals surface area contributed by atoms with Gasteiger partial charge in [0.2, 0.25) is 15.9 Å². The molecule has 31 heavy (non-hydrogen) atoms. The second-order valence-electron chi connectivity index (χ2n) is 6.74. The number of hydrogen-bond donors (Lipinski definition) is 1. The fraction of sp³-hybridized carbons (Fsp3) is 0.300. The summed E-state index contributed by atoms with van der Waals surface area (Å²) >= 11 is 6.13. The standard InChI is InChI=1S/C20H21ClN2O7S/c1-12(19(24)22-16-10-13(20(25)28-2)4-6-15(16)21)23(31(3,26)27)14-5-7-17-18(11-14)30-9-8-29-17/h4-7,10-12H,8-9H2,1-3H3,(H,22,24)/t12-/m1/s1. The number of carbonyl (C=O) groups excluding carboxylic acids is 2. The molecule has 0 saturated carbocycles. The van der Waals surface area contributed by atoms with E-state index in [4.69, 9.17) is 21.1 Å². The molecule has 1 heterocycles. The Morgan fingerprint density at radius 2 is 1.81 bits per heavy atom. The number of sulfonamides is 1. The summed E-state index contributed by atoms with van der Waals surface area (Å²) in [6.45, 7) is 2.16. The molecule has 1 amide bonds. The molecule has 166 valence electrons. The molecule has 2 aromatic rings. The highest BCUT2D eigenvalue weighted by Crippen LogP contribution is 2.35. The van der Waals surface area contributed by atoms with Crippen LogP contribution in [0.1, 0.15) is 17.3 Å². The second kappa shape index (κ2) is 9.03. The van der Waals surface area contributed by atoms with Crippen LogP contribution in [0.5, 0.6) is 11.5 Å². The molecule has 9 nitrogen and oxygen atoms in total. The van der Waals surface area contributed by atoms with Crippen molar-refractivity contribution in [2.75, 3.05) is 36.2 Å². The molecule has 11 heteroatoms. The number of amides is 1. The van der Waals surface area contributed by atoms with Gasteiger partial charge in [-0.1, -0.05) is 11.6 Å². The average molecular weight is 469 g/mol. The number of nitrogens with one attached hydrogen (secondary N) is 1. The SMILES string of the molecule is COC(=O)c1ccc(Cl)c(NC(=O)[C@@H](C)N(c2ccc3c(c2)OCCO3)S(C)(=O)=O)c1. The van der Waals surface area contributed by atoms with Gasteiger partial charge >= 0.3 is 5.97 Å². The lowest BCUT2D eigenvalue weighted by Crippen LogP contribution is -2.45. The van der Waals surface area contributed by atoms with Crippen LogP contribution in [0.15, 0.2) is 36.4 Å². The number of anilines is 2. The highest BCUT2D eigenvalue weighted by molar-refractivity contribution is 7.92. The molecule has 0 aromatic heterocycles. The van der Waals surface area contributed by atoms with Crippen LogP contribution >= 0.6 is 11.6 Å². The predicted molar refractivity (Wildman–Crippen MR) is 116 cm³/mol. The minimum Gasteiger partial charge on any atom is -0.486 e. The van der Waals surface area contributed by atoms with Gasteiger partial charge in [0.1, 0.15) is 19.3 Å². The normalized spacial score (nSPS) is 13.8. The summed E-state index contributed by atoms with van der Waals surface area (Å²) in [4.78, 5) is 24.7. The van der Waals surface area contributed by atoms with Gasteiger partial charge in [-0.2, -0.15) is 0 Å². The van der Waals surface area contributed by atoms with Gasteiger partial charge in [0.15, 0.2) is 11.5 Å². The van der Waals surface area contributed by atoms with Crippen molar-refractivity contribution >= 4 is 44.9 Å². The molecule has 0 fully saturated rings. The van der Waals surface area contributed by atoms with Crippen LogP contribution in [-0.4, -0.2) is 52.9 Å². The number of fused-ring (bicyclic) bond motifs is 1. The molecule has 0 bridgehead atoms. The van der Waals surface area contributed by atoms with E-state index >= 15 is 0 Å². The van der Waals surface area contributed by atoms with Crippen LogP contribution in [0.4, 0.5) is 11.4 Å². The first-order valence-corrected chi connectivity index (χ1v) is 11.4. The zero-order chi connectivity index (χ0) is 22.8. The maximum Gasteiger partial charge on any atom is 0.337 e. The number of esters is 1. The maximum atomic E-state index is 12.9. The fourth-order valence-corrected chi connectivity index (χ4v) is 4.41. The van der Waals surface area contributed by atoms with Crippen LogP contribution in [0, 0.1) is 0 Å². The van der Waals surface area contributed by atoms with E-state index in [1.54, 1.807) is 6.07 Å². The van der Waals surface area contributed by atoms with Crippen molar-refractivity contribution < 1.29 is 32.2 Å². The van der Waals surface area contributed by atoms with Gasteiger partial charge in [-0.25, -0.2) is 13.2 Å². The molecule has 0 aliphatic carbocycles. The van der Waals surface area contributed by atoms with Crippen LogP contribution in [0.25, 0.3) is 0 Å². The Balaban J connectivity index is 1.90. The topological polar surface area (TPSA) is 111 Å². The zero-order valence-electron chi connectivity index (χ0n) is 17.0. The molecule has 0 spiro atoms. The first-order chi connectivity index (χ1) is 14.6. The van der Waals surface area contributed by atoms with Crippen molar-refractivity contribution in [2.45, 2.75) is 13.0 Å². The summed E-state index contributed by atoms with van der Waals surface area (Å²) in [5, 5.41) is 2.75. The quantitative estimate of drug-likeness (QED) is 0.649. The third-order valence-corrected chi connectivity index (χ3v) is 6.09. The first-order valence-electron chi connectivity index (χ1n) is 9.19. The molecule has 3 rings (SSSR count). The second-order valence-corrected chi connectivity index (χ2v) is 9.00. The summed E-state index contributed by atoms with van der Waals surface area (Å²) in [7, 11) is -2.62. The van der Waals surface area contributed by atoms with E-state index in [0.717, 1.165) is 10.6 Å². The van der Waals surface area contributed by atoms with Gasteiger partial charge in [-0.15, -0.1) is 0 Å². The number of hydrogen-bond acceptors (Lipinski definition) is 7. The lowest BCUT2D eigenvalue weighted by atomic mass is 10.2. The van der Waals surface area contributed by atoms with E-state index in [2.05, 4.69) is 10.1 Å². The Kier molecular flexibility index (Phi) is 6.61. The van der Waals surface area contributed by atoms with Gasteiger partial charge in [0.25, 0.3) is 0 Å². The van der Waals surface area contributed by atoms with E-state index in [9.17, 15) is 18.0 Å². The zero-order valence-corrected chi connectivity index (χ0v) is 18.6. The molecule has 0 radical (unpaired) electrons. The highest BCUT2D eigenvalue weighted by atomic mass is 35.5. The number of halogens is 1. The number of nitrogens with zero attached hydrogens (tertiary/aromatic N) is 1. The van der Waals surface area contributed by atoms with Gasteiger partial charge < -0.3 is 19.5 Å². The Bertz CT molecular complexity index is 1120. The summed E-state index contributed by atoms with van der Waals surface area (Å²) in [5.74, 6) is -0.371. The number of rotatable bonds is 6. The monoisotopic (exact) mass is 468 g/mol. The maximum absolute atomic E-state index is 12.9. The Morgan fingerprint density at radius 3 is 2.45 bits per heavy atom. The van der Waals surface area contributed by atoms with Gasteiger partial charge in [0, 0.05) is 6.07 Å². The van der Waals surface area contributed by atoms with Crippen molar-refractivity contribution in [1.29, 1.82) is 0 Å². The van der Waals surface area contributed by atoms with Crippen molar-refractivity contribution in [1.82, 2.24) is 0 Å². The van der Waals surface area contributed by atoms with E-state index in [1.165, 1.54) is 44.4 Å². The minimum atomic E-state index is -3.85. The first kappa shape index (κ1) is 22.7. The van der Waals surface area contributed by atoms with Crippen LogP contribution in [-0.2, 0) is 19.6 Å². The largest absolute Gasteiger partial charge is 0.486 e. The minimum absolute atomic E-state index is 0.150. The lowest BCUT2D eigenvalue weighted by Gasteiger charge is -2.29. The predicted octanol–water partition coefficient (Wildman–Crippen LogP) is 2.69. The summed E-state index contributed by atoms with van der Waals surface area (Å²) < 4.78 is 41.7. The van der Waals surface area contributed by atoms with E-state index in [-0.39, 0.29) is 22.0 Å². The van der Waals surface area contributed by atoms with E-state index in [1.807, 2.05) is 0 Å².